The summed E-state index contributed by atoms with van der Waals surface area (Å²) < 4.78 is 7.52. The van der Waals surface area contributed by atoms with E-state index in [2.05, 4.69) is 10.3 Å². The van der Waals surface area contributed by atoms with Gasteiger partial charge in [-0.3, -0.25) is 9.59 Å². The monoisotopic (exact) mass is 356 g/mol. The van der Waals surface area contributed by atoms with Gasteiger partial charge in [0.2, 0.25) is 5.91 Å². The van der Waals surface area contributed by atoms with Crippen LogP contribution in [-0.2, 0) is 27.9 Å². The summed E-state index contributed by atoms with van der Waals surface area (Å²) in [5, 5.41) is 2.88. The average molecular weight is 356 g/mol. The standard InChI is InChI=1S/C19H24N4O3/c1-13(2)23-16(24)12-26-18(17(23)14-7-5-4-6-8-14)19(25)21-11-15-20-9-10-22(15)3/h4-10,13,17-18H,11-12H2,1-3H3,(H,21,25)/t17-,18+/m1/s1. The van der Waals surface area contributed by atoms with E-state index < -0.39 is 12.1 Å². The number of nitrogens with one attached hydrogen (secondary N) is 1. The molecule has 1 aliphatic heterocycles. The first-order valence-corrected chi connectivity index (χ1v) is 8.70. The van der Waals surface area contributed by atoms with Crippen molar-refractivity contribution >= 4 is 11.8 Å². The summed E-state index contributed by atoms with van der Waals surface area (Å²) >= 11 is 0. The van der Waals surface area contributed by atoms with Crippen LogP contribution in [0, 0.1) is 0 Å². The average Bonchev–Trinajstić information content (AvgIpc) is 3.04. The maximum Gasteiger partial charge on any atom is 0.252 e. The van der Waals surface area contributed by atoms with E-state index in [9.17, 15) is 9.59 Å². The number of imidazole rings is 1. The third-order valence-electron chi connectivity index (χ3n) is 4.56. The van der Waals surface area contributed by atoms with Crippen LogP contribution in [0.15, 0.2) is 42.7 Å². The third kappa shape index (κ3) is 3.62. The molecule has 1 aliphatic rings. The van der Waals surface area contributed by atoms with E-state index in [0.717, 1.165) is 11.4 Å². The van der Waals surface area contributed by atoms with Gasteiger partial charge in [0, 0.05) is 25.5 Å². The lowest BCUT2D eigenvalue weighted by Gasteiger charge is -2.42. The summed E-state index contributed by atoms with van der Waals surface area (Å²) in [7, 11) is 1.87. The number of amides is 2. The maximum absolute atomic E-state index is 12.9. The van der Waals surface area contributed by atoms with Crippen molar-refractivity contribution in [3.05, 3.63) is 54.1 Å². The predicted octanol–water partition coefficient (Wildman–Crippen LogP) is 1.41. The van der Waals surface area contributed by atoms with Crippen LogP contribution in [0.2, 0.25) is 0 Å². The lowest BCUT2D eigenvalue weighted by molar-refractivity contribution is -0.167. The van der Waals surface area contributed by atoms with E-state index in [1.54, 1.807) is 11.1 Å². The summed E-state index contributed by atoms with van der Waals surface area (Å²) in [6, 6.07) is 9.04. The molecule has 2 atom stereocenters. The number of rotatable bonds is 5. The van der Waals surface area contributed by atoms with Gasteiger partial charge in [0.05, 0.1) is 12.6 Å². The number of aryl methyl sites for hydroxylation is 1. The zero-order valence-electron chi connectivity index (χ0n) is 15.3. The molecule has 3 rings (SSSR count). The van der Waals surface area contributed by atoms with Gasteiger partial charge in [-0.25, -0.2) is 4.98 Å². The molecular formula is C19H24N4O3. The minimum Gasteiger partial charge on any atom is -0.356 e. The Labute approximate surface area is 153 Å². The highest BCUT2D eigenvalue weighted by atomic mass is 16.5. The highest BCUT2D eigenvalue weighted by Gasteiger charge is 2.42. The van der Waals surface area contributed by atoms with E-state index in [1.165, 1.54) is 0 Å². The van der Waals surface area contributed by atoms with E-state index in [4.69, 9.17) is 4.74 Å². The number of nitrogens with zero attached hydrogens (tertiary/aromatic N) is 3. The van der Waals surface area contributed by atoms with Crippen molar-refractivity contribution in [1.82, 2.24) is 19.8 Å². The van der Waals surface area contributed by atoms with Gasteiger partial charge in [0.25, 0.3) is 5.91 Å². The van der Waals surface area contributed by atoms with Gasteiger partial charge in [-0.2, -0.15) is 0 Å². The Balaban J connectivity index is 1.84. The minimum atomic E-state index is -0.766. The number of hydrogen-bond donors (Lipinski definition) is 1. The lowest BCUT2D eigenvalue weighted by Crippen LogP contribution is -2.56. The van der Waals surface area contributed by atoms with Gasteiger partial charge in [-0.05, 0) is 19.4 Å². The molecule has 1 saturated heterocycles. The van der Waals surface area contributed by atoms with Crippen molar-refractivity contribution < 1.29 is 14.3 Å². The molecule has 0 radical (unpaired) electrons. The van der Waals surface area contributed by atoms with Gasteiger partial charge >= 0.3 is 0 Å². The Morgan fingerprint density at radius 1 is 1.35 bits per heavy atom. The molecule has 0 spiro atoms. The minimum absolute atomic E-state index is 0.0403. The van der Waals surface area contributed by atoms with Crippen molar-refractivity contribution in [3.8, 4) is 0 Å². The Morgan fingerprint density at radius 3 is 2.69 bits per heavy atom. The van der Waals surface area contributed by atoms with Gasteiger partial charge in [0.15, 0.2) is 6.10 Å². The highest BCUT2D eigenvalue weighted by Crippen LogP contribution is 2.32. The summed E-state index contributed by atoms with van der Waals surface area (Å²) in [4.78, 5) is 31.2. The SMILES string of the molecule is CC(C)N1C(=O)CO[C@H](C(=O)NCc2nccn2C)[C@H]1c1ccccc1. The topological polar surface area (TPSA) is 76.5 Å². The quantitative estimate of drug-likeness (QED) is 0.879. The molecule has 1 aromatic carbocycles. The zero-order valence-corrected chi connectivity index (χ0v) is 15.3. The summed E-state index contributed by atoms with van der Waals surface area (Å²) in [5.41, 5.74) is 0.881. The molecule has 1 fully saturated rings. The molecule has 1 aromatic heterocycles. The Hall–Kier alpha value is -2.67. The van der Waals surface area contributed by atoms with Gasteiger partial charge in [-0.1, -0.05) is 30.3 Å². The molecule has 0 aliphatic carbocycles. The number of morpholine rings is 1. The summed E-state index contributed by atoms with van der Waals surface area (Å²) in [6.07, 6.45) is 2.74. The molecule has 0 unspecified atom stereocenters. The molecule has 26 heavy (non-hydrogen) atoms. The molecule has 7 nitrogen and oxygen atoms in total. The fourth-order valence-corrected chi connectivity index (χ4v) is 3.28. The summed E-state index contributed by atoms with van der Waals surface area (Å²) in [6.45, 7) is 4.10. The van der Waals surface area contributed by atoms with Crippen molar-refractivity contribution in [2.24, 2.45) is 7.05 Å². The number of aromatic nitrogens is 2. The molecular weight excluding hydrogens is 332 g/mol. The molecule has 138 valence electrons. The van der Waals surface area contributed by atoms with Crippen molar-refractivity contribution in [1.29, 1.82) is 0 Å². The van der Waals surface area contributed by atoms with Gasteiger partial charge < -0.3 is 19.5 Å². The van der Waals surface area contributed by atoms with Crippen LogP contribution in [-0.4, -0.2) is 45.0 Å². The molecule has 1 N–H and O–H groups in total. The molecule has 2 aromatic rings. The Morgan fingerprint density at radius 2 is 2.08 bits per heavy atom. The van der Waals surface area contributed by atoms with Crippen LogP contribution in [0.1, 0.15) is 31.3 Å². The van der Waals surface area contributed by atoms with Crippen molar-refractivity contribution in [2.45, 2.75) is 38.6 Å². The first kappa shape index (κ1) is 18.1. The number of hydrogen-bond acceptors (Lipinski definition) is 4. The van der Waals surface area contributed by atoms with E-state index in [0.29, 0.717) is 6.54 Å². The maximum atomic E-state index is 12.9. The van der Waals surface area contributed by atoms with E-state index >= 15 is 0 Å². The fourth-order valence-electron chi connectivity index (χ4n) is 3.28. The molecule has 2 amide bonds. The van der Waals surface area contributed by atoms with Crippen molar-refractivity contribution in [3.63, 3.8) is 0 Å². The van der Waals surface area contributed by atoms with E-state index in [1.807, 2.05) is 62.0 Å². The van der Waals surface area contributed by atoms with Gasteiger partial charge in [-0.15, -0.1) is 0 Å². The van der Waals surface area contributed by atoms with Crippen LogP contribution >= 0.6 is 0 Å². The van der Waals surface area contributed by atoms with E-state index in [-0.39, 0.29) is 24.5 Å². The van der Waals surface area contributed by atoms with Crippen LogP contribution in [0.5, 0.6) is 0 Å². The number of ether oxygens (including phenoxy) is 1. The Bertz CT molecular complexity index is 772. The van der Waals surface area contributed by atoms with Crippen LogP contribution in [0.4, 0.5) is 0 Å². The van der Waals surface area contributed by atoms with Gasteiger partial charge in [0.1, 0.15) is 12.4 Å². The highest BCUT2D eigenvalue weighted by molar-refractivity contribution is 5.86. The molecule has 7 heteroatoms. The predicted molar refractivity (Wildman–Crippen MR) is 96.0 cm³/mol. The Kier molecular flexibility index (Phi) is 5.37. The lowest BCUT2D eigenvalue weighted by atomic mass is 9.96. The molecule has 0 bridgehead atoms. The second kappa shape index (κ2) is 7.70. The fraction of sp³-hybridized carbons (Fsp3) is 0.421. The largest absolute Gasteiger partial charge is 0.356 e. The second-order valence-electron chi connectivity index (χ2n) is 6.65. The van der Waals surface area contributed by atoms with Crippen LogP contribution in [0.3, 0.4) is 0 Å². The third-order valence-corrected chi connectivity index (χ3v) is 4.56. The first-order chi connectivity index (χ1) is 12.5. The molecule has 2 heterocycles. The number of carbonyl (C=O) groups is 2. The zero-order chi connectivity index (χ0) is 18.7. The van der Waals surface area contributed by atoms with Crippen molar-refractivity contribution in [2.75, 3.05) is 6.61 Å². The van der Waals surface area contributed by atoms with Crippen LogP contribution in [0.25, 0.3) is 0 Å². The normalized spacial score (nSPS) is 20.5. The summed E-state index contributed by atoms with van der Waals surface area (Å²) in [5.74, 6) is 0.393. The van der Waals surface area contributed by atoms with Crippen LogP contribution < -0.4 is 5.32 Å². The first-order valence-electron chi connectivity index (χ1n) is 8.70. The number of carbonyl (C=O) groups excluding carboxylic acids is 2. The smallest absolute Gasteiger partial charge is 0.252 e. The second-order valence-corrected chi connectivity index (χ2v) is 6.65. The molecule has 0 saturated carbocycles. The number of benzene rings is 1.